The number of aryl methyl sites for hydroxylation is 1. The number of methoxy groups -OCH3 is 1. The number of carbonyl (C=O) groups is 3. The van der Waals surface area contributed by atoms with E-state index in [-0.39, 0.29) is 32.8 Å². The first-order valence-electron chi connectivity index (χ1n) is 9.67. The molecule has 3 rings (SSSR count). The number of benzene rings is 2. The molecule has 0 aliphatic rings. The molecule has 0 saturated carbocycles. The van der Waals surface area contributed by atoms with Gasteiger partial charge in [0.05, 0.1) is 22.6 Å². The van der Waals surface area contributed by atoms with Gasteiger partial charge in [-0.1, -0.05) is 40.9 Å². The van der Waals surface area contributed by atoms with Crippen molar-refractivity contribution in [2.24, 2.45) is 0 Å². The van der Waals surface area contributed by atoms with E-state index in [9.17, 15) is 14.4 Å². The van der Waals surface area contributed by atoms with Gasteiger partial charge < -0.3 is 20.1 Å². The molecule has 0 bridgehead atoms. The minimum atomic E-state index is -0.671. The summed E-state index contributed by atoms with van der Waals surface area (Å²) in [5, 5.41) is 6.29. The number of anilines is 2. The zero-order valence-electron chi connectivity index (χ0n) is 18.0. The Bertz CT molecular complexity index is 1210. The molecule has 2 amide bonds. The summed E-state index contributed by atoms with van der Waals surface area (Å²) in [7, 11) is 1.22. The number of halogens is 2. The molecular formula is C23H20Cl2N2O5S. The minimum absolute atomic E-state index is 0.106. The van der Waals surface area contributed by atoms with E-state index in [0.717, 1.165) is 16.9 Å². The van der Waals surface area contributed by atoms with E-state index < -0.39 is 17.8 Å². The van der Waals surface area contributed by atoms with Gasteiger partial charge in [0.1, 0.15) is 10.8 Å². The maximum atomic E-state index is 12.8. The van der Waals surface area contributed by atoms with Gasteiger partial charge in [0.2, 0.25) is 0 Å². The van der Waals surface area contributed by atoms with Crippen LogP contribution in [-0.2, 0) is 9.53 Å². The second kappa shape index (κ2) is 10.7. The number of esters is 1. The molecule has 0 radical (unpaired) electrons. The number of thiophene rings is 1. The SMILES string of the molecule is COC(=O)c1c(NC(=O)COc2ccc(Cl)cc2Cl)sc(C(=O)Nc2ccc(C)cc2)c1C. The summed E-state index contributed by atoms with van der Waals surface area (Å²) in [5.41, 5.74) is 2.17. The molecule has 1 aromatic heterocycles. The summed E-state index contributed by atoms with van der Waals surface area (Å²) in [5.74, 6) is -1.34. The summed E-state index contributed by atoms with van der Waals surface area (Å²) >= 11 is 12.9. The van der Waals surface area contributed by atoms with Crippen LogP contribution >= 0.6 is 34.5 Å². The van der Waals surface area contributed by atoms with Crippen molar-refractivity contribution in [1.82, 2.24) is 0 Å². The maximum Gasteiger partial charge on any atom is 0.341 e. The molecule has 0 saturated heterocycles. The predicted octanol–water partition coefficient (Wildman–Crippen LogP) is 5.73. The van der Waals surface area contributed by atoms with Crippen LogP contribution in [0.1, 0.15) is 31.2 Å². The van der Waals surface area contributed by atoms with Crippen LogP contribution in [0.3, 0.4) is 0 Å². The molecule has 2 N–H and O–H groups in total. The molecule has 0 aliphatic carbocycles. The first kappa shape index (κ1) is 24.6. The quantitative estimate of drug-likeness (QED) is 0.399. The Morgan fingerprint density at radius 2 is 1.70 bits per heavy atom. The highest BCUT2D eigenvalue weighted by molar-refractivity contribution is 7.19. The third-order valence-corrected chi connectivity index (χ3v) is 6.29. The first-order valence-corrected chi connectivity index (χ1v) is 11.2. The van der Waals surface area contributed by atoms with Crippen molar-refractivity contribution in [3.05, 3.63) is 74.1 Å². The van der Waals surface area contributed by atoms with E-state index in [0.29, 0.717) is 16.3 Å². The number of carbonyl (C=O) groups excluding carboxylic acids is 3. The number of rotatable bonds is 7. The molecule has 2 aromatic carbocycles. The summed E-state index contributed by atoms with van der Waals surface area (Å²) < 4.78 is 10.3. The monoisotopic (exact) mass is 506 g/mol. The predicted molar refractivity (Wildman–Crippen MR) is 130 cm³/mol. The summed E-state index contributed by atoms with van der Waals surface area (Å²) in [4.78, 5) is 38.0. The Morgan fingerprint density at radius 1 is 1.00 bits per heavy atom. The highest BCUT2D eigenvalue weighted by Gasteiger charge is 2.26. The fourth-order valence-electron chi connectivity index (χ4n) is 2.89. The first-order chi connectivity index (χ1) is 15.7. The smallest absolute Gasteiger partial charge is 0.341 e. The second-order valence-electron chi connectivity index (χ2n) is 6.98. The van der Waals surface area contributed by atoms with Crippen molar-refractivity contribution in [1.29, 1.82) is 0 Å². The van der Waals surface area contributed by atoms with Gasteiger partial charge in [0.25, 0.3) is 11.8 Å². The van der Waals surface area contributed by atoms with Crippen LogP contribution in [0.25, 0.3) is 0 Å². The van der Waals surface area contributed by atoms with Gasteiger partial charge in [0.15, 0.2) is 6.61 Å². The van der Waals surface area contributed by atoms with Crippen molar-refractivity contribution in [3.8, 4) is 5.75 Å². The highest BCUT2D eigenvalue weighted by atomic mass is 35.5. The standard InChI is InChI=1S/C23H20Cl2N2O5S/c1-12-4-7-15(8-5-12)26-21(29)20-13(2)19(23(30)31-3)22(33-20)27-18(28)11-32-17-9-6-14(24)10-16(17)25/h4-10H,11H2,1-3H3,(H,26,29)(H,27,28). The molecule has 0 aliphatic heterocycles. The molecule has 7 nitrogen and oxygen atoms in total. The van der Waals surface area contributed by atoms with E-state index in [1.807, 2.05) is 19.1 Å². The summed E-state index contributed by atoms with van der Waals surface area (Å²) in [6, 6.07) is 11.9. The summed E-state index contributed by atoms with van der Waals surface area (Å²) in [6.45, 7) is 3.19. The Balaban J connectivity index is 1.78. The molecule has 172 valence electrons. The van der Waals surface area contributed by atoms with E-state index in [1.165, 1.54) is 13.2 Å². The van der Waals surface area contributed by atoms with Crippen LogP contribution in [0.4, 0.5) is 10.7 Å². The Kier molecular flexibility index (Phi) is 7.97. The van der Waals surface area contributed by atoms with Crippen molar-refractivity contribution in [2.75, 3.05) is 24.4 Å². The Morgan fingerprint density at radius 3 is 2.33 bits per heavy atom. The van der Waals surface area contributed by atoms with Gasteiger partial charge in [0, 0.05) is 10.7 Å². The molecule has 0 fully saturated rings. The Hall–Kier alpha value is -3.07. The molecule has 1 heterocycles. The van der Waals surface area contributed by atoms with Gasteiger partial charge in [-0.25, -0.2) is 4.79 Å². The van der Waals surface area contributed by atoms with Crippen LogP contribution in [-0.4, -0.2) is 31.5 Å². The lowest BCUT2D eigenvalue weighted by Crippen LogP contribution is -2.21. The number of hydrogen-bond acceptors (Lipinski definition) is 6. The van der Waals surface area contributed by atoms with Crippen LogP contribution in [0.5, 0.6) is 5.75 Å². The molecular weight excluding hydrogens is 487 g/mol. The molecule has 0 unspecified atom stereocenters. The third-order valence-electron chi connectivity index (χ3n) is 4.56. The molecule has 33 heavy (non-hydrogen) atoms. The van der Waals surface area contributed by atoms with Crippen molar-refractivity contribution in [2.45, 2.75) is 13.8 Å². The van der Waals surface area contributed by atoms with Gasteiger partial charge in [-0.15, -0.1) is 11.3 Å². The number of hydrogen-bond donors (Lipinski definition) is 2. The average molecular weight is 507 g/mol. The number of nitrogens with one attached hydrogen (secondary N) is 2. The fourth-order valence-corrected chi connectivity index (χ4v) is 4.46. The third kappa shape index (κ3) is 6.04. The molecule has 10 heteroatoms. The second-order valence-corrected chi connectivity index (χ2v) is 8.85. The van der Waals surface area contributed by atoms with E-state index in [4.69, 9.17) is 32.7 Å². The zero-order chi connectivity index (χ0) is 24.1. The highest BCUT2D eigenvalue weighted by Crippen LogP contribution is 2.34. The molecule has 0 atom stereocenters. The van der Waals surface area contributed by atoms with Crippen LogP contribution < -0.4 is 15.4 Å². The van der Waals surface area contributed by atoms with Crippen LogP contribution in [0.2, 0.25) is 10.0 Å². The maximum absolute atomic E-state index is 12.8. The normalized spacial score (nSPS) is 10.5. The van der Waals surface area contributed by atoms with E-state index in [1.54, 1.807) is 31.2 Å². The van der Waals surface area contributed by atoms with Crippen molar-refractivity contribution in [3.63, 3.8) is 0 Å². The van der Waals surface area contributed by atoms with Crippen LogP contribution in [0, 0.1) is 13.8 Å². The zero-order valence-corrected chi connectivity index (χ0v) is 20.3. The van der Waals surface area contributed by atoms with Gasteiger partial charge in [-0.2, -0.15) is 0 Å². The lowest BCUT2D eigenvalue weighted by molar-refractivity contribution is -0.118. The molecule has 3 aromatic rings. The minimum Gasteiger partial charge on any atom is -0.482 e. The number of amides is 2. The lowest BCUT2D eigenvalue weighted by Gasteiger charge is -2.09. The topological polar surface area (TPSA) is 93.7 Å². The lowest BCUT2D eigenvalue weighted by atomic mass is 10.1. The fraction of sp³-hybridized carbons (Fsp3) is 0.174. The van der Waals surface area contributed by atoms with Crippen LogP contribution in [0.15, 0.2) is 42.5 Å². The molecule has 0 spiro atoms. The van der Waals surface area contributed by atoms with E-state index in [2.05, 4.69) is 10.6 Å². The van der Waals surface area contributed by atoms with Crippen molar-refractivity contribution < 1.29 is 23.9 Å². The number of ether oxygens (including phenoxy) is 2. The van der Waals surface area contributed by atoms with Gasteiger partial charge >= 0.3 is 5.97 Å². The van der Waals surface area contributed by atoms with Crippen molar-refractivity contribution >= 4 is 63.0 Å². The average Bonchev–Trinajstić information content (AvgIpc) is 3.10. The van der Waals surface area contributed by atoms with Gasteiger partial charge in [-0.3, -0.25) is 9.59 Å². The van der Waals surface area contributed by atoms with E-state index >= 15 is 0 Å². The largest absolute Gasteiger partial charge is 0.482 e. The van der Waals surface area contributed by atoms with Gasteiger partial charge in [-0.05, 0) is 49.7 Å². The summed E-state index contributed by atoms with van der Waals surface area (Å²) in [6.07, 6.45) is 0. The Labute approximate surface area is 204 Å².